The van der Waals surface area contributed by atoms with Gasteiger partial charge in [0.05, 0.1) is 0 Å². The van der Waals surface area contributed by atoms with E-state index in [0.717, 1.165) is 18.1 Å². The molecular formula is C12H13N3S2. The maximum Gasteiger partial charge on any atom is 0.191 e. The van der Waals surface area contributed by atoms with Crippen LogP contribution in [0.4, 0.5) is 5.13 Å². The normalized spacial score (nSPS) is 10.1. The van der Waals surface area contributed by atoms with Crippen LogP contribution in [0.3, 0.4) is 0 Å². The summed E-state index contributed by atoms with van der Waals surface area (Å²) in [6.07, 6.45) is 2.66. The van der Waals surface area contributed by atoms with Gasteiger partial charge in [0.25, 0.3) is 0 Å². The lowest BCUT2D eigenvalue weighted by atomic mass is 10.1. The van der Waals surface area contributed by atoms with Crippen molar-refractivity contribution in [3.05, 3.63) is 47.5 Å². The number of benzene rings is 1. The first-order valence-corrected chi connectivity index (χ1v) is 6.56. The molecule has 0 aliphatic heterocycles. The third-order valence-electron chi connectivity index (χ3n) is 2.38. The lowest BCUT2D eigenvalue weighted by Crippen LogP contribution is -2.37. The van der Waals surface area contributed by atoms with E-state index in [9.17, 15) is 0 Å². The van der Waals surface area contributed by atoms with Gasteiger partial charge >= 0.3 is 0 Å². The van der Waals surface area contributed by atoms with Gasteiger partial charge in [-0.3, -0.25) is 4.90 Å². The Balaban J connectivity index is 2.03. The first-order valence-electron chi connectivity index (χ1n) is 5.28. The molecule has 0 aliphatic rings. The smallest absolute Gasteiger partial charge is 0.191 e. The summed E-state index contributed by atoms with van der Waals surface area (Å²) in [5, 5.41) is 3.15. The summed E-state index contributed by atoms with van der Waals surface area (Å²) in [5.41, 5.74) is 6.98. The van der Waals surface area contributed by atoms with Crippen LogP contribution >= 0.6 is 23.6 Å². The van der Waals surface area contributed by atoms with Crippen LogP contribution < -0.4 is 10.6 Å². The van der Waals surface area contributed by atoms with E-state index < -0.39 is 0 Å². The molecule has 2 N–H and O–H groups in total. The average molecular weight is 263 g/mol. The van der Waals surface area contributed by atoms with Gasteiger partial charge in [0.15, 0.2) is 10.2 Å². The zero-order chi connectivity index (χ0) is 12.1. The monoisotopic (exact) mass is 263 g/mol. The topological polar surface area (TPSA) is 42.1 Å². The fourth-order valence-electron chi connectivity index (χ4n) is 1.53. The summed E-state index contributed by atoms with van der Waals surface area (Å²) >= 11 is 6.59. The molecule has 1 aromatic heterocycles. The SMILES string of the molecule is NC(=S)N(CCc1ccccc1)c1nccs1. The lowest BCUT2D eigenvalue weighted by Gasteiger charge is -2.19. The van der Waals surface area contributed by atoms with E-state index in [-0.39, 0.29) is 0 Å². The third-order valence-corrected chi connectivity index (χ3v) is 3.40. The van der Waals surface area contributed by atoms with Gasteiger partial charge in [-0.2, -0.15) is 0 Å². The molecule has 5 heteroatoms. The van der Waals surface area contributed by atoms with Gasteiger partial charge in [0, 0.05) is 18.1 Å². The number of aromatic nitrogens is 1. The lowest BCUT2D eigenvalue weighted by molar-refractivity contribution is 0.930. The van der Waals surface area contributed by atoms with Crippen LogP contribution in [0.15, 0.2) is 41.9 Å². The first kappa shape index (κ1) is 12.0. The minimum atomic E-state index is 0.371. The summed E-state index contributed by atoms with van der Waals surface area (Å²) in [7, 11) is 0. The minimum Gasteiger partial charge on any atom is -0.376 e. The van der Waals surface area contributed by atoms with E-state index in [1.54, 1.807) is 17.5 Å². The fraction of sp³-hybridized carbons (Fsp3) is 0.167. The highest BCUT2D eigenvalue weighted by molar-refractivity contribution is 7.80. The van der Waals surface area contributed by atoms with Crippen molar-refractivity contribution in [1.82, 2.24) is 4.98 Å². The Kier molecular flexibility index (Phi) is 4.06. The second kappa shape index (κ2) is 5.75. The van der Waals surface area contributed by atoms with Crippen molar-refractivity contribution in [2.24, 2.45) is 5.73 Å². The van der Waals surface area contributed by atoms with E-state index in [4.69, 9.17) is 18.0 Å². The Labute approximate surface area is 110 Å². The molecule has 2 rings (SSSR count). The second-order valence-electron chi connectivity index (χ2n) is 3.54. The maximum atomic E-state index is 5.72. The van der Waals surface area contributed by atoms with Gasteiger partial charge < -0.3 is 5.73 Å². The molecule has 0 amide bonds. The van der Waals surface area contributed by atoms with Crippen LogP contribution in [0.5, 0.6) is 0 Å². The highest BCUT2D eigenvalue weighted by atomic mass is 32.1. The maximum absolute atomic E-state index is 5.72. The van der Waals surface area contributed by atoms with Crippen molar-refractivity contribution in [3.8, 4) is 0 Å². The van der Waals surface area contributed by atoms with Crippen molar-refractivity contribution in [2.75, 3.05) is 11.4 Å². The number of thiocarbonyl (C=S) groups is 1. The van der Waals surface area contributed by atoms with Crippen LogP contribution in [0.2, 0.25) is 0 Å². The summed E-state index contributed by atoms with van der Waals surface area (Å²) in [4.78, 5) is 6.10. The second-order valence-corrected chi connectivity index (χ2v) is 4.83. The van der Waals surface area contributed by atoms with E-state index in [0.29, 0.717) is 5.11 Å². The predicted octanol–water partition coefficient (Wildman–Crippen LogP) is 2.44. The molecule has 0 unspecified atom stereocenters. The van der Waals surface area contributed by atoms with Crippen molar-refractivity contribution < 1.29 is 0 Å². The zero-order valence-corrected chi connectivity index (χ0v) is 10.9. The van der Waals surface area contributed by atoms with Gasteiger partial charge in [-0.25, -0.2) is 4.98 Å². The largest absolute Gasteiger partial charge is 0.376 e. The number of thiazole rings is 1. The molecule has 1 aromatic carbocycles. The summed E-state index contributed by atoms with van der Waals surface area (Å²) in [6, 6.07) is 10.3. The Morgan fingerprint density at radius 2 is 2.12 bits per heavy atom. The van der Waals surface area contributed by atoms with Gasteiger partial charge in [0.2, 0.25) is 0 Å². The number of rotatable bonds is 4. The van der Waals surface area contributed by atoms with Crippen LogP contribution in [-0.2, 0) is 6.42 Å². The molecule has 2 aromatic rings. The highest BCUT2D eigenvalue weighted by Gasteiger charge is 2.11. The van der Waals surface area contributed by atoms with Crippen molar-refractivity contribution >= 4 is 33.8 Å². The molecule has 1 heterocycles. The third kappa shape index (κ3) is 3.25. The van der Waals surface area contributed by atoms with E-state index in [2.05, 4.69) is 17.1 Å². The predicted molar refractivity (Wildman–Crippen MR) is 76.4 cm³/mol. The zero-order valence-electron chi connectivity index (χ0n) is 9.24. The Morgan fingerprint density at radius 1 is 1.35 bits per heavy atom. The summed E-state index contributed by atoms with van der Waals surface area (Å²) in [5.74, 6) is 0. The summed E-state index contributed by atoms with van der Waals surface area (Å²) in [6.45, 7) is 0.757. The van der Waals surface area contributed by atoms with Crippen LogP contribution in [0.25, 0.3) is 0 Å². The van der Waals surface area contributed by atoms with Crippen molar-refractivity contribution in [2.45, 2.75) is 6.42 Å². The number of anilines is 1. The fourth-order valence-corrected chi connectivity index (χ4v) is 2.45. The molecule has 0 radical (unpaired) electrons. The molecule has 17 heavy (non-hydrogen) atoms. The number of hydrogen-bond acceptors (Lipinski definition) is 3. The number of nitrogens with zero attached hydrogens (tertiary/aromatic N) is 2. The molecule has 3 nitrogen and oxygen atoms in total. The Hall–Kier alpha value is -1.46. The van der Waals surface area contributed by atoms with Crippen molar-refractivity contribution in [1.29, 1.82) is 0 Å². The quantitative estimate of drug-likeness (QED) is 0.860. The number of nitrogens with two attached hydrogens (primary N) is 1. The van der Waals surface area contributed by atoms with Crippen LogP contribution in [0, 0.1) is 0 Å². The van der Waals surface area contributed by atoms with Crippen molar-refractivity contribution in [3.63, 3.8) is 0 Å². The molecule has 0 saturated heterocycles. The molecule has 0 bridgehead atoms. The molecular weight excluding hydrogens is 250 g/mol. The number of hydrogen-bond donors (Lipinski definition) is 1. The molecule has 0 saturated carbocycles. The molecule has 88 valence electrons. The minimum absolute atomic E-state index is 0.371. The van der Waals surface area contributed by atoms with Gasteiger partial charge in [-0.15, -0.1) is 11.3 Å². The van der Waals surface area contributed by atoms with Crippen LogP contribution in [0.1, 0.15) is 5.56 Å². The Bertz CT molecular complexity index is 468. The molecule has 0 spiro atoms. The Morgan fingerprint density at radius 3 is 2.71 bits per heavy atom. The highest BCUT2D eigenvalue weighted by Crippen LogP contribution is 2.17. The standard InChI is InChI=1S/C12H13N3S2/c13-11(16)15(12-14-7-9-17-12)8-6-10-4-2-1-3-5-10/h1-5,7,9H,6,8H2,(H2,13,16). The first-order chi connectivity index (χ1) is 8.27. The van der Waals surface area contributed by atoms with Gasteiger partial charge in [-0.05, 0) is 24.2 Å². The molecule has 0 atom stereocenters. The molecule has 0 aliphatic carbocycles. The van der Waals surface area contributed by atoms with Gasteiger partial charge in [0.1, 0.15) is 0 Å². The van der Waals surface area contributed by atoms with E-state index >= 15 is 0 Å². The van der Waals surface area contributed by atoms with Crippen LogP contribution in [-0.4, -0.2) is 16.6 Å². The van der Waals surface area contributed by atoms with E-state index in [1.165, 1.54) is 5.56 Å². The van der Waals surface area contributed by atoms with E-state index in [1.807, 2.05) is 28.5 Å². The average Bonchev–Trinajstić information content (AvgIpc) is 2.84. The molecule has 0 fully saturated rings. The van der Waals surface area contributed by atoms with Gasteiger partial charge in [-0.1, -0.05) is 30.3 Å². The summed E-state index contributed by atoms with van der Waals surface area (Å²) < 4.78 is 0.